The van der Waals surface area contributed by atoms with E-state index in [1.807, 2.05) is 0 Å². The van der Waals surface area contributed by atoms with Crippen LogP contribution in [0.25, 0.3) is 29.0 Å². The Labute approximate surface area is 205 Å². The van der Waals surface area contributed by atoms with Crippen LogP contribution in [-0.2, 0) is 0 Å². The van der Waals surface area contributed by atoms with Gasteiger partial charge in [-0.05, 0) is 90.9 Å². The van der Waals surface area contributed by atoms with Crippen LogP contribution in [0.4, 0.5) is 17.1 Å². The molecule has 0 aliphatic heterocycles. The summed E-state index contributed by atoms with van der Waals surface area (Å²) in [4.78, 5) is 4.86. The van der Waals surface area contributed by atoms with E-state index in [4.69, 9.17) is 0 Å². The van der Waals surface area contributed by atoms with Crippen LogP contribution in [0, 0.1) is 6.92 Å². The Hall–Kier alpha value is -3.88. The summed E-state index contributed by atoms with van der Waals surface area (Å²) in [6, 6.07) is 37.0. The van der Waals surface area contributed by atoms with Crippen LogP contribution in [0.15, 0.2) is 109 Å². The first kappa shape index (κ1) is 21.9. The summed E-state index contributed by atoms with van der Waals surface area (Å²) >= 11 is 1.80. The number of anilines is 3. The third kappa shape index (κ3) is 4.88. The highest BCUT2D eigenvalue weighted by Gasteiger charge is 2.13. The molecule has 166 valence electrons. The second-order valence-electron chi connectivity index (χ2n) is 8.37. The van der Waals surface area contributed by atoms with E-state index in [-0.39, 0.29) is 0 Å². The number of fused-ring (bicyclic) bond motifs is 1. The van der Waals surface area contributed by atoms with E-state index in [2.05, 4.69) is 146 Å². The van der Waals surface area contributed by atoms with Gasteiger partial charge in [-0.1, -0.05) is 72.3 Å². The van der Waals surface area contributed by atoms with Crippen LogP contribution in [0.5, 0.6) is 0 Å². The smallest absolute Gasteiger partial charge is 0.0468 e. The molecule has 1 heterocycles. The molecule has 0 bridgehead atoms. The Kier molecular flexibility index (Phi) is 6.42. The number of benzene rings is 4. The maximum absolute atomic E-state index is 2.32. The number of hydrogen-bond donors (Lipinski definition) is 0. The quantitative estimate of drug-likeness (QED) is 0.245. The lowest BCUT2D eigenvalue weighted by atomic mass is 10.1. The highest BCUT2D eigenvalue weighted by molar-refractivity contribution is 7.13. The normalized spacial score (nSPS) is 11.6. The van der Waals surface area contributed by atoms with Gasteiger partial charge in [0.1, 0.15) is 0 Å². The van der Waals surface area contributed by atoms with Crippen molar-refractivity contribution in [3.63, 3.8) is 0 Å². The second-order valence-corrected chi connectivity index (χ2v) is 9.51. The van der Waals surface area contributed by atoms with Crippen LogP contribution in [0.3, 0.4) is 0 Å². The molecule has 0 radical (unpaired) electrons. The van der Waals surface area contributed by atoms with Gasteiger partial charge in [-0.3, -0.25) is 0 Å². The van der Waals surface area contributed by atoms with Gasteiger partial charge in [-0.25, -0.2) is 0 Å². The van der Waals surface area contributed by atoms with Gasteiger partial charge in [-0.15, -0.1) is 11.3 Å². The molecule has 0 aliphatic rings. The molecule has 0 unspecified atom stereocenters. The van der Waals surface area contributed by atoms with Crippen LogP contribution < -0.4 is 4.90 Å². The Morgan fingerprint density at radius 1 is 0.588 bits per heavy atom. The van der Waals surface area contributed by atoms with Crippen molar-refractivity contribution in [2.24, 2.45) is 0 Å². The molecule has 34 heavy (non-hydrogen) atoms. The fourth-order valence-corrected chi connectivity index (χ4v) is 4.97. The third-order valence-corrected chi connectivity index (χ3v) is 6.87. The molecular formula is C32H27NS. The molecule has 0 atom stereocenters. The third-order valence-electron chi connectivity index (χ3n) is 5.85. The van der Waals surface area contributed by atoms with Gasteiger partial charge in [0, 0.05) is 26.8 Å². The molecule has 4 aromatic carbocycles. The maximum atomic E-state index is 2.32. The van der Waals surface area contributed by atoms with E-state index in [1.54, 1.807) is 11.3 Å². The molecule has 5 aromatic rings. The lowest BCUT2D eigenvalue weighted by Gasteiger charge is -2.26. The van der Waals surface area contributed by atoms with Crippen LogP contribution in [0.1, 0.15) is 27.8 Å². The minimum atomic E-state index is 1.14. The number of aryl methyl sites for hydroxylation is 1. The van der Waals surface area contributed by atoms with Gasteiger partial charge in [0.05, 0.1) is 0 Å². The van der Waals surface area contributed by atoms with Gasteiger partial charge in [0.15, 0.2) is 0 Å². The molecule has 0 saturated heterocycles. The fraction of sp³-hybridized carbons (Fsp3) is 0.0625. The topological polar surface area (TPSA) is 3.24 Å². The molecule has 1 aromatic heterocycles. The lowest BCUT2D eigenvalue weighted by Crippen LogP contribution is -2.09. The highest BCUT2D eigenvalue weighted by Crippen LogP contribution is 2.36. The van der Waals surface area contributed by atoms with Crippen molar-refractivity contribution in [2.45, 2.75) is 13.8 Å². The van der Waals surface area contributed by atoms with Crippen LogP contribution in [-0.4, -0.2) is 0 Å². The van der Waals surface area contributed by atoms with Gasteiger partial charge in [-0.2, -0.15) is 0 Å². The minimum Gasteiger partial charge on any atom is -0.310 e. The molecule has 0 amide bonds. The van der Waals surface area contributed by atoms with Crippen molar-refractivity contribution < 1.29 is 0 Å². The predicted molar refractivity (Wildman–Crippen MR) is 151 cm³/mol. The minimum absolute atomic E-state index is 1.14. The van der Waals surface area contributed by atoms with E-state index in [0.29, 0.717) is 0 Å². The van der Waals surface area contributed by atoms with Crippen molar-refractivity contribution in [3.8, 4) is 0 Å². The van der Waals surface area contributed by atoms with Gasteiger partial charge in [0.25, 0.3) is 0 Å². The molecule has 1 nitrogen and oxygen atoms in total. The van der Waals surface area contributed by atoms with Crippen molar-refractivity contribution in [2.75, 3.05) is 4.90 Å². The van der Waals surface area contributed by atoms with Crippen LogP contribution >= 0.6 is 11.3 Å². The zero-order valence-electron chi connectivity index (χ0n) is 19.5. The van der Waals surface area contributed by atoms with Gasteiger partial charge < -0.3 is 4.90 Å². The summed E-state index contributed by atoms with van der Waals surface area (Å²) in [6.07, 6.45) is 8.59. The molecule has 0 aliphatic carbocycles. The first-order chi connectivity index (χ1) is 16.7. The Morgan fingerprint density at radius 2 is 1.21 bits per heavy atom. The number of hydrogen-bond acceptors (Lipinski definition) is 2. The Bertz CT molecular complexity index is 1450. The first-order valence-corrected chi connectivity index (χ1v) is 12.4. The van der Waals surface area contributed by atoms with Crippen molar-refractivity contribution >= 4 is 57.4 Å². The Morgan fingerprint density at radius 3 is 1.91 bits per heavy atom. The predicted octanol–water partition coefficient (Wildman–Crippen LogP) is 9.88. The summed E-state index contributed by atoms with van der Waals surface area (Å²) in [5.41, 5.74) is 5.89. The second kappa shape index (κ2) is 9.94. The summed E-state index contributed by atoms with van der Waals surface area (Å²) < 4.78 is 0. The molecule has 0 saturated carbocycles. The first-order valence-electron chi connectivity index (χ1n) is 11.6. The SMILES string of the molecule is CC=Cc1ccc(C=Cc2ccc(N(c3ccc(C)cc3)c3ccc4ccccc4c3)cc2)s1. The largest absolute Gasteiger partial charge is 0.310 e. The molecule has 5 rings (SSSR count). The number of nitrogens with zero attached hydrogens (tertiary/aromatic N) is 1. The summed E-state index contributed by atoms with van der Waals surface area (Å²) in [5.74, 6) is 0. The summed E-state index contributed by atoms with van der Waals surface area (Å²) in [7, 11) is 0. The number of allylic oxidation sites excluding steroid dienone is 1. The Balaban J connectivity index is 1.48. The molecule has 0 spiro atoms. The average Bonchev–Trinajstić information content (AvgIpc) is 3.32. The van der Waals surface area contributed by atoms with Gasteiger partial charge >= 0.3 is 0 Å². The van der Waals surface area contributed by atoms with Crippen LogP contribution in [0.2, 0.25) is 0 Å². The summed E-state index contributed by atoms with van der Waals surface area (Å²) in [5, 5.41) is 2.49. The fourth-order valence-electron chi connectivity index (χ4n) is 4.08. The molecular weight excluding hydrogens is 430 g/mol. The van der Waals surface area contributed by atoms with Gasteiger partial charge in [0.2, 0.25) is 0 Å². The maximum Gasteiger partial charge on any atom is 0.0468 e. The van der Waals surface area contributed by atoms with Crippen molar-refractivity contribution in [1.82, 2.24) is 0 Å². The standard InChI is InChI=1S/C32H27NS/c1-3-6-31-21-22-32(34-31)20-13-25-11-17-29(18-12-25)33(28-15-9-24(2)10-16-28)30-19-14-26-7-4-5-8-27(26)23-30/h3-23H,1-2H3. The zero-order chi connectivity index (χ0) is 23.3. The van der Waals surface area contributed by atoms with Crippen molar-refractivity contribution in [3.05, 3.63) is 130 Å². The highest BCUT2D eigenvalue weighted by atomic mass is 32.1. The van der Waals surface area contributed by atoms with E-state index in [0.717, 1.165) is 17.1 Å². The molecule has 2 heteroatoms. The molecule has 0 fully saturated rings. The zero-order valence-corrected chi connectivity index (χ0v) is 20.3. The molecule has 0 N–H and O–H groups in total. The monoisotopic (exact) mass is 457 g/mol. The average molecular weight is 458 g/mol. The van der Waals surface area contributed by atoms with E-state index in [1.165, 1.54) is 31.7 Å². The van der Waals surface area contributed by atoms with E-state index in [9.17, 15) is 0 Å². The number of rotatable bonds is 6. The van der Waals surface area contributed by atoms with E-state index < -0.39 is 0 Å². The van der Waals surface area contributed by atoms with Crippen molar-refractivity contribution in [1.29, 1.82) is 0 Å². The lowest BCUT2D eigenvalue weighted by molar-refractivity contribution is 1.28. The number of thiophene rings is 1. The summed E-state index contributed by atoms with van der Waals surface area (Å²) in [6.45, 7) is 4.18. The van der Waals surface area contributed by atoms with E-state index >= 15 is 0 Å².